The van der Waals surface area contributed by atoms with Crippen LogP contribution < -0.4 is 5.32 Å². The van der Waals surface area contributed by atoms with Crippen LogP contribution in [0, 0.1) is 0 Å². The van der Waals surface area contributed by atoms with Crippen LogP contribution in [0.5, 0.6) is 0 Å². The van der Waals surface area contributed by atoms with Crippen LogP contribution in [0.15, 0.2) is 29.9 Å². The molecule has 0 aliphatic rings. The lowest BCUT2D eigenvalue weighted by molar-refractivity contribution is -0.122. The molecule has 1 unspecified atom stereocenters. The second kappa shape index (κ2) is 6.62. The maximum atomic E-state index is 11.7. The van der Waals surface area contributed by atoms with Gasteiger partial charge in [0.1, 0.15) is 5.60 Å². The second-order valence-electron chi connectivity index (χ2n) is 4.80. The molecule has 0 bridgehead atoms. The van der Waals surface area contributed by atoms with E-state index in [1.54, 1.807) is 24.0 Å². The normalized spacial score (nSPS) is 13.9. The highest BCUT2D eigenvalue weighted by atomic mass is 32.1. The first kappa shape index (κ1) is 14.7. The summed E-state index contributed by atoms with van der Waals surface area (Å²) >= 11 is 1.48. The Morgan fingerprint density at radius 3 is 3.10 bits per heavy atom. The van der Waals surface area contributed by atoms with Gasteiger partial charge in [-0.1, -0.05) is 11.3 Å². The number of aliphatic hydroxyl groups is 1. The molecule has 0 aliphatic carbocycles. The maximum Gasteiger partial charge on any atom is 0.220 e. The van der Waals surface area contributed by atoms with Crippen molar-refractivity contribution in [1.82, 2.24) is 20.3 Å². The van der Waals surface area contributed by atoms with E-state index in [2.05, 4.69) is 15.6 Å². The minimum absolute atomic E-state index is 0.0676. The van der Waals surface area contributed by atoms with Gasteiger partial charge in [0.2, 0.25) is 5.91 Å². The molecule has 0 saturated heterocycles. The molecule has 1 atom stereocenters. The largest absolute Gasteiger partial charge is 0.383 e. The van der Waals surface area contributed by atoms with Gasteiger partial charge < -0.3 is 10.4 Å². The van der Waals surface area contributed by atoms with Crippen molar-refractivity contribution in [3.8, 4) is 0 Å². The van der Waals surface area contributed by atoms with Crippen molar-refractivity contribution in [1.29, 1.82) is 0 Å². The molecule has 2 aromatic rings. The van der Waals surface area contributed by atoms with Crippen LogP contribution in [0.3, 0.4) is 0 Å². The Bertz CT molecular complexity index is 523. The molecule has 0 aromatic carbocycles. The third kappa shape index (κ3) is 4.14. The minimum Gasteiger partial charge on any atom is -0.383 e. The lowest BCUT2D eigenvalue weighted by Gasteiger charge is -2.22. The van der Waals surface area contributed by atoms with Crippen molar-refractivity contribution in [3.63, 3.8) is 0 Å². The predicted molar refractivity (Wildman–Crippen MR) is 76.2 cm³/mol. The standard InChI is InChI=1S/C13H18N4O2S/c1-13(19,11-4-3-9-20-11)10-14-12(18)5-2-7-17-8-6-15-16-17/h3-4,6,8-9,19H,2,5,7,10H2,1H3,(H,14,18). The maximum absolute atomic E-state index is 11.7. The summed E-state index contributed by atoms with van der Waals surface area (Å²) in [7, 11) is 0. The van der Waals surface area contributed by atoms with Gasteiger partial charge in [-0.25, -0.2) is 0 Å². The summed E-state index contributed by atoms with van der Waals surface area (Å²) in [6, 6.07) is 3.75. The number of hydrogen-bond acceptors (Lipinski definition) is 5. The Labute approximate surface area is 121 Å². The van der Waals surface area contributed by atoms with Crippen LogP contribution in [-0.2, 0) is 16.9 Å². The monoisotopic (exact) mass is 294 g/mol. The van der Waals surface area contributed by atoms with E-state index in [4.69, 9.17) is 0 Å². The van der Waals surface area contributed by atoms with E-state index >= 15 is 0 Å². The van der Waals surface area contributed by atoms with Crippen molar-refractivity contribution < 1.29 is 9.90 Å². The smallest absolute Gasteiger partial charge is 0.220 e. The first-order valence-corrected chi connectivity index (χ1v) is 7.33. The van der Waals surface area contributed by atoms with Gasteiger partial charge in [0.25, 0.3) is 0 Å². The zero-order valence-electron chi connectivity index (χ0n) is 11.3. The molecule has 1 amide bonds. The van der Waals surface area contributed by atoms with Crippen LogP contribution >= 0.6 is 11.3 Å². The van der Waals surface area contributed by atoms with Crippen molar-refractivity contribution >= 4 is 17.2 Å². The number of carbonyl (C=O) groups excluding carboxylic acids is 1. The molecule has 6 nitrogen and oxygen atoms in total. The van der Waals surface area contributed by atoms with Crippen molar-refractivity contribution in [2.75, 3.05) is 6.54 Å². The van der Waals surface area contributed by atoms with Gasteiger partial charge in [0.15, 0.2) is 0 Å². The molecule has 0 aliphatic heterocycles. The Kier molecular flexibility index (Phi) is 4.86. The highest BCUT2D eigenvalue weighted by Crippen LogP contribution is 2.24. The average Bonchev–Trinajstić information content (AvgIpc) is 3.09. The molecule has 0 spiro atoms. The van der Waals surface area contributed by atoms with Crippen molar-refractivity contribution in [2.45, 2.75) is 31.9 Å². The second-order valence-corrected chi connectivity index (χ2v) is 5.75. The van der Waals surface area contributed by atoms with Gasteiger partial charge in [-0.3, -0.25) is 9.48 Å². The quantitative estimate of drug-likeness (QED) is 0.802. The lowest BCUT2D eigenvalue weighted by Crippen LogP contribution is -2.38. The molecule has 7 heteroatoms. The molecular weight excluding hydrogens is 276 g/mol. The molecule has 2 N–H and O–H groups in total. The molecular formula is C13H18N4O2S. The number of nitrogens with zero attached hydrogens (tertiary/aromatic N) is 3. The van der Waals surface area contributed by atoms with E-state index in [0.29, 0.717) is 19.4 Å². The fourth-order valence-corrected chi connectivity index (χ4v) is 2.57. The molecule has 0 fully saturated rings. The number of rotatable bonds is 7. The first-order valence-electron chi connectivity index (χ1n) is 6.45. The molecule has 2 aromatic heterocycles. The van der Waals surface area contributed by atoms with E-state index < -0.39 is 5.60 Å². The fraction of sp³-hybridized carbons (Fsp3) is 0.462. The van der Waals surface area contributed by atoms with Crippen LogP contribution in [0.1, 0.15) is 24.6 Å². The first-order chi connectivity index (χ1) is 9.58. The summed E-state index contributed by atoms with van der Waals surface area (Å²) in [5.41, 5.74) is -1.02. The molecule has 2 heterocycles. The third-order valence-electron chi connectivity index (χ3n) is 2.94. The zero-order valence-corrected chi connectivity index (χ0v) is 12.1. The fourth-order valence-electron chi connectivity index (χ4n) is 1.78. The minimum atomic E-state index is -1.02. The number of thiophene rings is 1. The van der Waals surface area contributed by atoms with Crippen LogP contribution in [0.25, 0.3) is 0 Å². The van der Waals surface area contributed by atoms with Gasteiger partial charge >= 0.3 is 0 Å². The van der Waals surface area contributed by atoms with Gasteiger partial charge in [0, 0.05) is 24.0 Å². The highest BCUT2D eigenvalue weighted by Gasteiger charge is 2.24. The molecule has 108 valence electrons. The van der Waals surface area contributed by atoms with Gasteiger partial charge in [-0.05, 0) is 24.8 Å². The van der Waals surface area contributed by atoms with E-state index in [1.807, 2.05) is 17.5 Å². The third-order valence-corrected chi connectivity index (χ3v) is 4.07. The van der Waals surface area contributed by atoms with Gasteiger partial charge in [0.05, 0.1) is 12.7 Å². The number of amides is 1. The Balaban J connectivity index is 1.69. The summed E-state index contributed by atoms with van der Waals surface area (Å²) in [6.45, 7) is 2.58. The summed E-state index contributed by atoms with van der Waals surface area (Å²) in [5, 5.41) is 22.5. The number of carbonyl (C=O) groups is 1. The van der Waals surface area contributed by atoms with Crippen LogP contribution in [0.2, 0.25) is 0 Å². The topological polar surface area (TPSA) is 80.0 Å². The van der Waals surface area contributed by atoms with E-state index in [9.17, 15) is 9.90 Å². The summed E-state index contributed by atoms with van der Waals surface area (Å²) in [6.07, 6.45) is 4.47. The average molecular weight is 294 g/mol. The number of hydrogen-bond donors (Lipinski definition) is 2. The number of nitrogens with one attached hydrogen (secondary N) is 1. The Morgan fingerprint density at radius 1 is 1.60 bits per heavy atom. The number of aromatic nitrogens is 3. The lowest BCUT2D eigenvalue weighted by atomic mass is 10.1. The molecule has 20 heavy (non-hydrogen) atoms. The number of aryl methyl sites for hydroxylation is 1. The van der Waals surface area contributed by atoms with Crippen LogP contribution in [0.4, 0.5) is 0 Å². The van der Waals surface area contributed by atoms with Crippen LogP contribution in [-0.4, -0.2) is 32.6 Å². The van der Waals surface area contributed by atoms with E-state index in [-0.39, 0.29) is 12.5 Å². The summed E-state index contributed by atoms with van der Waals surface area (Å²) < 4.78 is 1.69. The zero-order chi connectivity index (χ0) is 14.4. The van der Waals surface area contributed by atoms with Crippen molar-refractivity contribution in [2.24, 2.45) is 0 Å². The van der Waals surface area contributed by atoms with Crippen molar-refractivity contribution in [3.05, 3.63) is 34.8 Å². The van der Waals surface area contributed by atoms with E-state index in [1.165, 1.54) is 11.3 Å². The predicted octanol–water partition coefficient (Wildman–Crippen LogP) is 1.14. The SMILES string of the molecule is CC(O)(CNC(=O)CCCn1ccnn1)c1cccs1. The van der Waals surface area contributed by atoms with Gasteiger partial charge in [-0.15, -0.1) is 16.4 Å². The Hall–Kier alpha value is -1.73. The summed E-state index contributed by atoms with van der Waals surface area (Å²) in [4.78, 5) is 12.6. The molecule has 0 saturated carbocycles. The van der Waals surface area contributed by atoms with E-state index in [0.717, 1.165) is 4.88 Å². The molecule has 2 rings (SSSR count). The van der Waals surface area contributed by atoms with Gasteiger partial charge in [-0.2, -0.15) is 0 Å². The Morgan fingerprint density at radius 2 is 2.45 bits per heavy atom. The summed E-state index contributed by atoms with van der Waals surface area (Å²) in [5.74, 6) is -0.0676. The molecule has 0 radical (unpaired) electrons. The highest BCUT2D eigenvalue weighted by molar-refractivity contribution is 7.10.